The van der Waals surface area contributed by atoms with Gasteiger partial charge in [0.2, 0.25) is 5.95 Å². The number of carboxylic acids is 1. The molecule has 1 aliphatic carbocycles. The van der Waals surface area contributed by atoms with E-state index in [1.54, 1.807) is 0 Å². The highest BCUT2D eigenvalue weighted by atomic mass is 16.4. The first-order valence-corrected chi connectivity index (χ1v) is 6.81. The van der Waals surface area contributed by atoms with Crippen molar-refractivity contribution >= 4 is 23.0 Å². The summed E-state index contributed by atoms with van der Waals surface area (Å²) in [6.07, 6.45) is 3.06. The number of hydrogen-bond acceptors (Lipinski definition) is 5. The molecule has 1 aliphatic rings. The van der Waals surface area contributed by atoms with Gasteiger partial charge in [0.15, 0.2) is 0 Å². The number of rotatable bonds is 3. The minimum absolute atomic E-state index is 0.205. The van der Waals surface area contributed by atoms with Crippen molar-refractivity contribution < 1.29 is 9.90 Å². The zero-order chi connectivity index (χ0) is 13.9. The molecule has 1 aromatic heterocycles. The molecule has 0 radical (unpaired) electrons. The van der Waals surface area contributed by atoms with Gasteiger partial charge < -0.3 is 10.4 Å². The fourth-order valence-corrected chi connectivity index (χ4v) is 2.61. The lowest BCUT2D eigenvalue weighted by Crippen LogP contribution is -2.29. The van der Waals surface area contributed by atoms with Gasteiger partial charge in [0.05, 0.1) is 11.4 Å². The molecule has 0 atom stereocenters. The fourth-order valence-electron chi connectivity index (χ4n) is 2.61. The van der Waals surface area contributed by atoms with Crippen molar-refractivity contribution in [3.8, 4) is 0 Å². The van der Waals surface area contributed by atoms with Crippen molar-refractivity contribution in [1.29, 1.82) is 0 Å². The van der Waals surface area contributed by atoms with Crippen LogP contribution in [0.1, 0.15) is 25.7 Å². The Morgan fingerprint density at radius 3 is 2.50 bits per heavy atom. The summed E-state index contributed by atoms with van der Waals surface area (Å²) in [6, 6.07) is 7.82. The van der Waals surface area contributed by atoms with E-state index in [1.807, 2.05) is 24.3 Å². The van der Waals surface area contributed by atoms with Gasteiger partial charge in [-0.15, -0.1) is 10.2 Å². The van der Waals surface area contributed by atoms with Crippen molar-refractivity contribution in [3.05, 3.63) is 24.3 Å². The van der Waals surface area contributed by atoms with Crippen LogP contribution in [-0.2, 0) is 4.79 Å². The van der Waals surface area contributed by atoms with E-state index >= 15 is 0 Å². The maximum absolute atomic E-state index is 10.9. The Morgan fingerprint density at radius 1 is 1.10 bits per heavy atom. The molecule has 1 fully saturated rings. The van der Waals surface area contributed by atoms with Gasteiger partial charge >= 0.3 is 5.97 Å². The number of benzene rings is 1. The second-order valence-electron chi connectivity index (χ2n) is 5.16. The lowest BCUT2D eigenvalue weighted by Gasteiger charge is -2.26. The quantitative estimate of drug-likeness (QED) is 0.889. The molecule has 1 saturated carbocycles. The van der Waals surface area contributed by atoms with E-state index in [2.05, 4.69) is 20.5 Å². The summed E-state index contributed by atoms with van der Waals surface area (Å²) in [4.78, 5) is 15.3. The number of nitrogens with zero attached hydrogens (tertiary/aromatic N) is 3. The van der Waals surface area contributed by atoms with Gasteiger partial charge in [0, 0.05) is 6.04 Å². The van der Waals surface area contributed by atoms with Crippen molar-refractivity contribution in [2.45, 2.75) is 31.7 Å². The molecule has 0 amide bonds. The van der Waals surface area contributed by atoms with Gasteiger partial charge in [-0.05, 0) is 37.8 Å². The summed E-state index contributed by atoms with van der Waals surface area (Å²) < 4.78 is 0. The van der Waals surface area contributed by atoms with E-state index in [0.717, 1.165) is 23.9 Å². The maximum atomic E-state index is 10.9. The number of aromatic nitrogens is 3. The number of nitrogens with one attached hydrogen (secondary N) is 1. The van der Waals surface area contributed by atoms with E-state index < -0.39 is 5.97 Å². The van der Waals surface area contributed by atoms with Crippen LogP contribution in [-0.4, -0.2) is 32.3 Å². The number of carboxylic acid groups (broad SMARTS) is 1. The van der Waals surface area contributed by atoms with Gasteiger partial charge in [-0.25, -0.2) is 4.98 Å². The SMILES string of the molecule is O=C(O)C1CCC(Nc2nnc3ccccc3n2)CC1. The van der Waals surface area contributed by atoms with Crippen LogP contribution in [0.15, 0.2) is 24.3 Å². The van der Waals surface area contributed by atoms with Gasteiger partial charge in [-0.2, -0.15) is 0 Å². The second-order valence-corrected chi connectivity index (χ2v) is 5.16. The first-order valence-electron chi connectivity index (χ1n) is 6.81. The average Bonchev–Trinajstić information content (AvgIpc) is 2.48. The highest BCUT2D eigenvalue weighted by Gasteiger charge is 2.26. The smallest absolute Gasteiger partial charge is 0.306 e. The number of fused-ring (bicyclic) bond motifs is 1. The Kier molecular flexibility index (Phi) is 3.45. The third-order valence-electron chi connectivity index (χ3n) is 3.77. The van der Waals surface area contributed by atoms with E-state index in [1.165, 1.54) is 0 Å². The molecule has 0 saturated heterocycles. The molecule has 0 bridgehead atoms. The maximum Gasteiger partial charge on any atom is 0.306 e. The predicted molar refractivity (Wildman–Crippen MR) is 74.3 cm³/mol. The minimum atomic E-state index is -0.688. The standard InChI is InChI=1S/C14H16N4O2/c19-13(20)9-5-7-10(8-6-9)15-14-16-11-3-1-2-4-12(11)17-18-14/h1-4,9-10H,5-8H2,(H,19,20)(H,15,16,18). The molecule has 1 heterocycles. The third kappa shape index (κ3) is 2.68. The van der Waals surface area contributed by atoms with Crippen LogP contribution >= 0.6 is 0 Å². The van der Waals surface area contributed by atoms with Gasteiger partial charge in [0.1, 0.15) is 5.52 Å². The average molecular weight is 272 g/mol. The molecule has 0 aliphatic heterocycles. The molecule has 6 heteroatoms. The van der Waals surface area contributed by atoms with Crippen LogP contribution < -0.4 is 5.32 Å². The van der Waals surface area contributed by atoms with Crippen molar-refractivity contribution in [1.82, 2.24) is 15.2 Å². The molecular formula is C14H16N4O2. The Balaban J connectivity index is 1.66. The third-order valence-corrected chi connectivity index (χ3v) is 3.77. The van der Waals surface area contributed by atoms with Crippen LogP contribution in [0.5, 0.6) is 0 Å². The zero-order valence-electron chi connectivity index (χ0n) is 11.0. The first-order chi connectivity index (χ1) is 9.72. The molecule has 1 aromatic carbocycles. The summed E-state index contributed by atoms with van der Waals surface area (Å²) in [5.74, 6) is -0.377. The van der Waals surface area contributed by atoms with Crippen LogP contribution in [0, 0.1) is 5.92 Å². The van der Waals surface area contributed by atoms with E-state index in [-0.39, 0.29) is 12.0 Å². The van der Waals surface area contributed by atoms with Gasteiger partial charge in [0.25, 0.3) is 0 Å². The summed E-state index contributed by atoms with van der Waals surface area (Å²) in [6.45, 7) is 0. The predicted octanol–water partition coefficient (Wildman–Crippen LogP) is 2.08. The van der Waals surface area contributed by atoms with Crippen molar-refractivity contribution in [3.63, 3.8) is 0 Å². The zero-order valence-corrected chi connectivity index (χ0v) is 11.0. The molecule has 0 spiro atoms. The molecule has 6 nitrogen and oxygen atoms in total. The molecule has 3 rings (SSSR count). The minimum Gasteiger partial charge on any atom is -0.481 e. The highest BCUT2D eigenvalue weighted by Crippen LogP contribution is 2.26. The molecular weight excluding hydrogens is 256 g/mol. The molecule has 20 heavy (non-hydrogen) atoms. The number of para-hydroxylation sites is 1. The number of aliphatic carboxylic acids is 1. The highest BCUT2D eigenvalue weighted by molar-refractivity contribution is 5.74. The summed E-state index contributed by atoms with van der Waals surface area (Å²) in [5.41, 5.74) is 1.58. The number of hydrogen-bond donors (Lipinski definition) is 2. The normalized spacial score (nSPS) is 22.6. The van der Waals surface area contributed by atoms with Crippen LogP contribution in [0.4, 0.5) is 5.95 Å². The van der Waals surface area contributed by atoms with Crippen LogP contribution in [0.2, 0.25) is 0 Å². The van der Waals surface area contributed by atoms with Gasteiger partial charge in [-0.3, -0.25) is 4.79 Å². The van der Waals surface area contributed by atoms with E-state index in [4.69, 9.17) is 5.11 Å². The van der Waals surface area contributed by atoms with Crippen molar-refractivity contribution in [2.75, 3.05) is 5.32 Å². The number of anilines is 1. The Morgan fingerprint density at radius 2 is 1.80 bits per heavy atom. The molecule has 104 valence electrons. The first kappa shape index (κ1) is 12.8. The largest absolute Gasteiger partial charge is 0.481 e. The van der Waals surface area contributed by atoms with Crippen LogP contribution in [0.3, 0.4) is 0 Å². The lowest BCUT2D eigenvalue weighted by molar-refractivity contribution is -0.142. The lowest BCUT2D eigenvalue weighted by atomic mass is 9.86. The summed E-state index contributed by atoms with van der Waals surface area (Å²) in [7, 11) is 0. The van der Waals surface area contributed by atoms with Crippen molar-refractivity contribution in [2.24, 2.45) is 5.92 Å². The fraction of sp³-hybridized carbons (Fsp3) is 0.429. The van der Waals surface area contributed by atoms with Gasteiger partial charge in [-0.1, -0.05) is 12.1 Å². The molecule has 2 N–H and O–H groups in total. The molecule has 2 aromatic rings. The Labute approximate surface area is 116 Å². The van der Waals surface area contributed by atoms with E-state index in [9.17, 15) is 4.79 Å². The summed E-state index contributed by atoms with van der Waals surface area (Å²) >= 11 is 0. The second kappa shape index (κ2) is 5.40. The van der Waals surface area contributed by atoms with E-state index in [0.29, 0.717) is 18.8 Å². The molecule has 0 unspecified atom stereocenters. The summed E-state index contributed by atoms with van der Waals surface area (Å²) in [5, 5.41) is 20.4. The Bertz CT molecular complexity index is 623. The topological polar surface area (TPSA) is 88.0 Å². The van der Waals surface area contributed by atoms with Crippen LogP contribution in [0.25, 0.3) is 11.0 Å². The number of carbonyl (C=O) groups is 1. The Hall–Kier alpha value is -2.24. The monoisotopic (exact) mass is 272 g/mol.